The smallest absolute Gasteiger partial charge is 0.323 e. The average molecular weight is 315 g/mol. The molecule has 0 radical (unpaired) electrons. The standard InChI is InChI=1S/C17H21N3O3/c1-17(2,3)13-8-12(23-4)9-14(15(13)21)20-16(22)19-11-6-5-7-18-10-11/h5-10,21H,1-4H3,(H2,19,20,22). The number of aromatic hydroxyl groups is 1. The monoisotopic (exact) mass is 315 g/mol. The van der Waals surface area contributed by atoms with Crippen LogP contribution < -0.4 is 15.4 Å². The number of aromatic nitrogens is 1. The molecule has 2 rings (SSSR count). The van der Waals surface area contributed by atoms with Crippen LogP contribution in [-0.4, -0.2) is 23.2 Å². The summed E-state index contributed by atoms with van der Waals surface area (Å²) in [6, 6.07) is 6.31. The van der Waals surface area contributed by atoms with Crippen molar-refractivity contribution >= 4 is 17.4 Å². The fraction of sp³-hybridized carbons (Fsp3) is 0.294. The van der Waals surface area contributed by atoms with Crippen molar-refractivity contribution < 1.29 is 14.6 Å². The number of hydrogen-bond acceptors (Lipinski definition) is 4. The Morgan fingerprint density at radius 3 is 2.57 bits per heavy atom. The summed E-state index contributed by atoms with van der Waals surface area (Å²) in [5, 5.41) is 15.7. The van der Waals surface area contributed by atoms with Gasteiger partial charge in [-0.3, -0.25) is 4.98 Å². The molecule has 23 heavy (non-hydrogen) atoms. The van der Waals surface area contributed by atoms with Gasteiger partial charge in [-0.05, 0) is 23.6 Å². The molecule has 0 aliphatic carbocycles. The van der Waals surface area contributed by atoms with Crippen LogP contribution in [0.1, 0.15) is 26.3 Å². The van der Waals surface area contributed by atoms with E-state index in [0.29, 0.717) is 17.0 Å². The van der Waals surface area contributed by atoms with Gasteiger partial charge in [-0.15, -0.1) is 0 Å². The Kier molecular flexibility index (Phi) is 4.74. The third-order valence-electron chi connectivity index (χ3n) is 3.29. The number of phenolic OH excluding ortho intramolecular Hbond substituents is 1. The van der Waals surface area contributed by atoms with Crippen molar-refractivity contribution in [1.82, 2.24) is 4.98 Å². The molecule has 0 unspecified atom stereocenters. The van der Waals surface area contributed by atoms with Gasteiger partial charge in [0, 0.05) is 17.8 Å². The van der Waals surface area contributed by atoms with Crippen LogP contribution in [0, 0.1) is 0 Å². The van der Waals surface area contributed by atoms with Gasteiger partial charge >= 0.3 is 6.03 Å². The molecule has 0 aliphatic rings. The number of benzene rings is 1. The molecular formula is C17H21N3O3. The minimum Gasteiger partial charge on any atom is -0.505 e. The van der Waals surface area contributed by atoms with Crippen molar-refractivity contribution in [3.63, 3.8) is 0 Å². The minimum absolute atomic E-state index is 0.0274. The van der Waals surface area contributed by atoms with Crippen LogP contribution in [0.5, 0.6) is 11.5 Å². The zero-order valence-electron chi connectivity index (χ0n) is 13.7. The van der Waals surface area contributed by atoms with E-state index in [1.165, 1.54) is 13.3 Å². The highest BCUT2D eigenvalue weighted by molar-refractivity contribution is 6.00. The molecule has 0 aliphatic heterocycles. The molecule has 0 fully saturated rings. The Morgan fingerprint density at radius 2 is 2.00 bits per heavy atom. The van der Waals surface area contributed by atoms with E-state index in [0.717, 1.165) is 0 Å². The maximum atomic E-state index is 12.1. The number of carbonyl (C=O) groups excluding carboxylic acids is 1. The summed E-state index contributed by atoms with van der Waals surface area (Å²) in [6.45, 7) is 5.92. The molecule has 0 saturated carbocycles. The first-order valence-electron chi connectivity index (χ1n) is 7.21. The molecule has 6 nitrogen and oxygen atoms in total. The summed E-state index contributed by atoms with van der Waals surface area (Å²) in [6.07, 6.45) is 3.15. The van der Waals surface area contributed by atoms with E-state index >= 15 is 0 Å². The van der Waals surface area contributed by atoms with E-state index in [-0.39, 0.29) is 16.9 Å². The van der Waals surface area contributed by atoms with E-state index in [1.807, 2.05) is 20.8 Å². The first-order valence-corrected chi connectivity index (χ1v) is 7.21. The van der Waals surface area contributed by atoms with Crippen LogP contribution in [0.15, 0.2) is 36.7 Å². The summed E-state index contributed by atoms with van der Waals surface area (Å²) in [5.41, 5.74) is 1.24. The number of rotatable bonds is 3. The van der Waals surface area contributed by atoms with Crippen molar-refractivity contribution in [1.29, 1.82) is 0 Å². The summed E-state index contributed by atoms with van der Waals surface area (Å²) in [5.74, 6) is 0.587. The Morgan fingerprint density at radius 1 is 1.26 bits per heavy atom. The van der Waals surface area contributed by atoms with Gasteiger partial charge in [0.1, 0.15) is 11.5 Å². The van der Waals surface area contributed by atoms with E-state index in [1.54, 1.807) is 30.5 Å². The van der Waals surface area contributed by atoms with E-state index < -0.39 is 6.03 Å². The van der Waals surface area contributed by atoms with E-state index in [4.69, 9.17) is 4.74 Å². The number of urea groups is 1. The SMILES string of the molecule is COc1cc(NC(=O)Nc2cccnc2)c(O)c(C(C)(C)C)c1. The van der Waals surface area contributed by atoms with Gasteiger partial charge in [0.05, 0.1) is 24.7 Å². The highest BCUT2D eigenvalue weighted by Gasteiger charge is 2.22. The van der Waals surface area contributed by atoms with Gasteiger partial charge < -0.3 is 20.5 Å². The maximum Gasteiger partial charge on any atom is 0.323 e. The molecule has 0 spiro atoms. The lowest BCUT2D eigenvalue weighted by atomic mass is 9.86. The van der Waals surface area contributed by atoms with Gasteiger partial charge in [0.2, 0.25) is 0 Å². The van der Waals surface area contributed by atoms with Crippen LogP contribution in [0.2, 0.25) is 0 Å². The number of carbonyl (C=O) groups is 1. The number of pyridine rings is 1. The van der Waals surface area contributed by atoms with Crippen molar-refractivity contribution in [2.45, 2.75) is 26.2 Å². The minimum atomic E-state index is -0.471. The summed E-state index contributed by atoms with van der Waals surface area (Å²) >= 11 is 0. The summed E-state index contributed by atoms with van der Waals surface area (Å²) in [4.78, 5) is 16.0. The molecule has 0 saturated heterocycles. The number of nitrogens with zero attached hydrogens (tertiary/aromatic N) is 1. The number of nitrogens with one attached hydrogen (secondary N) is 2. The Bertz CT molecular complexity index is 694. The predicted molar refractivity (Wildman–Crippen MR) is 90.2 cm³/mol. The summed E-state index contributed by atoms with van der Waals surface area (Å²) in [7, 11) is 1.54. The Labute approximate surface area is 135 Å². The Balaban J connectivity index is 2.27. The lowest BCUT2D eigenvalue weighted by Crippen LogP contribution is -2.20. The molecule has 6 heteroatoms. The Hall–Kier alpha value is -2.76. The highest BCUT2D eigenvalue weighted by atomic mass is 16.5. The van der Waals surface area contributed by atoms with E-state index in [2.05, 4.69) is 15.6 Å². The number of methoxy groups -OCH3 is 1. The third-order valence-corrected chi connectivity index (χ3v) is 3.29. The molecule has 1 aromatic carbocycles. The molecular weight excluding hydrogens is 294 g/mol. The number of phenols is 1. The van der Waals surface area contributed by atoms with Crippen LogP contribution in [-0.2, 0) is 5.41 Å². The number of hydrogen-bond donors (Lipinski definition) is 3. The highest BCUT2D eigenvalue weighted by Crippen LogP contribution is 2.39. The molecule has 2 amide bonds. The van der Waals surface area contributed by atoms with Crippen molar-refractivity contribution in [2.75, 3.05) is 17.7 Å². The second kappa shape index (κ2) is 6.56. The maximum absolute atomic E-state index is 12.1. The molecule has 1 heterocycles. The molecule has 122 valence electrons. The zero-order valence-corrected chi connectivity index (χ0v) is 13.7. The lowest BCUT2D eigenvalue weighted by molar-refractivity contribution is 0.262. The van der Waals surface area contributed by atoms with Crippen LogP contribution in [0.3, 0.4) is 0 Å². The largest absolute Gasteiger partial charge is 0.505 e. The van der Waals surface area contributed by atoms with Gasteiger partial charge in [0.25, 0.3) is 0 Å². The predicted octanol–water partition coefficient (Wildman–Crippen LogP) is 3.74. The second-order valence-electron chi connectivity index (χ2n) is 6.14. The van der Waals surface area contributed by atoms with Crippen LogP contribution >= 0.6 is 0 Å². The average Bonchev–Trinajstić information content (AvgIpc) is 2.49. The van der Waals surface area contributed by atoms with Crippen LogP contribution in [0.25, 0.3) is 0 Å². The van der Waals surface area contributed by atoms with Crippen molar-refractivity contribution in [2.24, 2.45) is 0 Å². The van der Waals surface area contributed by atoms with Gasteiger partial charge in [-0.25, -0.2) is 4.79 Å². The fourth-order valence-corrected chi connectivity index (χ4v) is 2.11. The first-order chi connectivity index (χ1) is 10.8. The quantitative estimate of drug-likeness (QED) is 0.753. The van der Waals surface area contributed by atoms with Gasteiger partial charge in [0.15, 0.2) is 0 Å². The van der Waals surface area contributed by atoms with Crippen LogP contribution in [0.4, 0.5) is 16.2 Å². The van der Waals surface area contributed by atoms with Gasteiger partial charge in [-0.2, -0.15) is 0 Å². The number of amides is 2. The molecule has 3 N–H and O–H groups in total. The number of ether oxygens (including phenoxy) is 1. The van der Waals surface area contributed by atoms with Crippen molar-refractivity contribution in [3.8, 4) is 11.5 Å². The molecule has 2 aromatic rings. The molecule has 0 atom stereocenters. The number of anilines is 2. The molecule has 1 aromatic heterocycles. The lowest BCUT2D eigenvalue weighted by Gasteiger charge is -2.23. The normalized spacial score (nSPS) is 11.0. The second-order valence-corrected chi connectivity index (χ2v) is 6.14. The third kappa shape index (κ3) is 4.12. The van der Waals surface area contributed by atoms with E-state index in [9.17, 15) is 9.90 Å². The van der Waals surface area contributed by atoms with Gasteiger partial charge in [-0.1, -0.05) is 20.8 Å². The summed E-state index contributed by atoms with van der Waals surface area (Å²) < 4.78 is 5.25. The zero-order chi connectivity index (χ0) is 17.0. The molecule has 0 bridgehead atoms. The fourth-order valence-electron chi connectivity index (χ4n) is 2.11. The van der Waals surface area contributed by atoms with Crippen molar-refractivity contribution in [3.05, 3.63) is 42.2 Å². The first kappa shape index (κ1) is 16.6. The topological polar surface area (TPSA) is 83.5 Å².